The minimum atomic E-state index is -0.609. The van der Waals surface area contributed by atoms with E-state index >= 15 is 0 Å². The predicted octanol–water partition coefficient (Wildman–Crippen LogP) is 6.03. The van der Waals surface area contributed by atoms with Crippen LogP contribution in [0.4, 0.5) is 9.80 Å². The van der Waals surface area contributed by atoms with Crippen molar-refractivity contribution in [3.8, 4) is 11.3 Å². The number of fused-ring (bicyclic) bond motifs is 3. The summed E-state index contributed by atoms with van der Waals surface area (Å²) >= 11 is 1.50. The van der Waals surface area contributed by atoms with Gasteiger partial charge in [0.05, 0.1) is 11.3 Å². The molecule has 0 radical (unpaired) electrons. The summed E-state index contributed by atoms with van der Waals surface area (Å²) < 4.78 is 5.72. The Morgan fingerprint density at radius 1 is 1.08 bits per heavy atom. The van der Waals surface area contributed by atoms with Crippen LogP contribution in [0.25, 0.3) is 22.2 Å². The number of carbonyl (C=O) groups excluding carboxylic acids is 2. The number of esters is 1. The second-order valence-electron chi connectivity index (χ2n) is 11.4. The molecular formula is C30H35N5O3S. The Kier molecular flexibility index (Phi) is 6.72. The van der Waals surface area contributed by atoms with E-state index in [0.717, 1.165) is 84.2 Å². The summed E-state index contributed by atoms with van der Waals surface area (Å²) in [6, 6.07) is 8.11. The topological polar surface area (TPSA) is 111 Å². The van der Waals surface area contributed by atoms with Crippen LogP contribution in [0.3, 0.4) is 0 Å². The molecule has 1 aromatic carbocycles. The Bertz CT molecular complexity index is 1550. The lowest BCUT2D eigenvalue weighted by molar-refractivity contribution is 0.00699. The largest absolute Gasteiger partial charge is 0.456 e. The molecule has 2 amide bonds. The Morgan fingerprint density at radius 2 is 1.92 bits per heavy atom. The summed E-state index contributed by atoms with van der Waals surface area (Å²) in [5.74, 6) is -0.369. The number of aromatic amines is 2. The number of aromatic nitrogens is 2. The van der Waals surface area contributed by atoms with Crippen molar-refractivity contribution in [2.75, 3.05) is 11.9 Å². The Balaban J connectivity index is 1.25. The van der Waals surface area contributed by atoms with Crippen molar-refractivity contribution in [2.24, 2.45) is 0 Å². The second kappa shape index (κ2) is 10.2. The Hall–Kier alpha value is -3.56. The van der Waals surface area contributed by atoms with Crippen molar-refractivity contribution < 1.29 is 14.3 Å². The van der Waals surface area contributed by atoms with Gasteiger partial charge in [-0.2, -0.15) is 0 Å². The molecule has 4 heterocycles. The molecule has 1 aliphatic carbocycles. The molecule has 1 aliphatic heterocycles. The maximum Gasteiger partial charge on any atom is 0.341 e. The van der Waals surface area contributed by atoms with E-state index in [4.69, 9.17) is 4.74 Å². The van der Waals surface area contributed by atoms with Crippen LogP contribution in [0.1, 0.15) is 71.2 Å². The van der Waals surface area contributed by atoms with Crippen LogP contribution in [0.2, 0.25) is 0 Å². The number of rotatable bonds is 5. The summed E-state index contributed by atoms with van der Waals surface area (Å²) in [6.07, 6.45) is 6.74. The van der Waals surface area contributed by atoms with Gasteiger partial charge < -0.3 is 25.3 Å². The quantitative estimate of drug-likeness (QED) is 0.197. The van der Waals surface area contributed by atoms with Crippen molar-refractivity contribution in [2.45, 2.75) is 71.6 Å². The molecule has 39 heavy (non-hydrogen) atoms. The lowest BCUT2D eigenvalue weighted by Gasteiger charge is -2.21. The maximum absolute atomic E-state index is 13.2. The van der Waals surface area contributed by atoms with E-state index in [2.05, 4.69) is 50.2 Å². The van der Waals surface area contributed by atoms with Gasteiger partial charge in [0.15, 0.2) is 0 Å². The molecule has 0 saturated heterocycles. The fourth-order valence-electron chi connectivity index (χ4n) is 5.67. The summed E-state index contributed by atoms with van der Waals surface area (Å²) in [4.78, 5) is 34.5. The lowest BCUT2D eigenvalue weighted by atomic mass is 9.95. The molecule has 0 spiro atoms. The number of aryl methyl sites for hydroxylation is 1. The third kappa shape index (κ3) is 5.21. The highest BCUT2D eigenvalue weighted by molar-refractivity contribution is 7.17. The predicted molar refractivity (Wildman–Crippen MR) is 155 cm³/mol. The summed E-state index contributed by atoms with van der Waals surface area (Å²) in [6.45, 7) is 7.65. The summed E-state index contributed by atoms with van der Waals surface area (Å²) in [5, 5.41) is 11.2. The van der Waals surface area contributed by atoms with Crippen LogP contribution in [0.5, 0.6) is 0 Å². The van der Waals surface area contributed by atoms with Gasteiger partial charge >= 0.3 is 12.0 Å². The minimum Gasteiger partial charge on any atom is -0.456 e. The van der Waals surface area contributed by atoms with Gasteiger partial charge in [-0.3, -0.25) is 5.32 Å². The van der Waals surface area contributed by atoms with Crippen molar-refractivity contribution in [3.05, 3.63) is 63.3 Å². The van der Waals surface area contributed by atoms with Gasteiger partial charge in [0.2, 0.25) is 0 Å². The zero-order chi connectivity index (χ0) is 27.1. The number of amides is 2. The highest BCUT2D eigenvalue weighted by Crippen LogP contribution is 2.39. The molecule has 0 bridgehead atoms. The van der Waals surface area contributed by atoms with E-state index in [1.807, 2.05) is 27.0 Å². The molecular weight excluding hydrogens is 510 g/mol. The molecule has 4 aromatic rings. The van der Waals surface area contributed by atoms with Crippen LogP contribution in [0, 0.1) is 0 Å². The highest BCUT2D eigenvalue weighted by atomic mass is 32.1. The fourth-order valence-corrected chi connectivity index (χ4v) is 6.95. The van der Waals surface area contributed by atoms with E-state index in [-0.39, 0.29) is 12.0 Å². The van der Waals surface area contributed by atoms with Gasteiger partial charge in [0.25, 0.3) is 0 Å². The van der Waals surface area contributed by atoms with Gasteiger partial charge in [-0.15, -0.1) is 11.3 Å². The van der Waals surface area contributed by atoms with E-state index in [1.54, 1.807) is 0 Å². The first-order chi connectivity index (χ1) is 18.8. The number of anilines is 1. The Morgan fingerprint density at radius 3 is 2.77 bits per heavy atom. The fraction of sp³-hybridized carbons (Fsp3) is 0.400. The molecule has 6 rings (SSSR count). The summed E-state index contributed by atoms with van der Waals surface area (Å²) in [5.41, 5.74) is 7.65. The van der Waals surface area contributed by atoms with Gasteiger partial charge in [-0.05, 0) is 88.1 Å². The first kappa shape index (κ1) is 25.7. The number of nitrogens with one attached hydrogen (secondary N) is 5. The minimum absolute atomic E-state index is 0.326. The molecule has 2 aliphatic rings. The maximum atomic E-state index is 13.2. The van der Waals surface area contributed by atoms with E-state index in [0.29, 0.717) is 17.1 Å². The monoisotopic (exact) mass is 545 g/mol. The Labute approximate surface area is 231 Å². The van der Waals surface area contributed by atoms with Crippen LogP contribution < -0.4 is 16.0 Å². The molecule has 3 aromatic heterocycles. The van der Waals surface area contributed by atoms with Gasteiger partial charge in [0.1, 0.15) is 10.6 Å². The zero-order valence-electron chi connectivity index (χ0n) is 22.7. The molecule has 8 nitrogen and oxygen atoms in total. The number of urea groups is 1. The lowest BCUT2D eigenvalue weighted by Crippen LogP contribution is -2.30. The van der Waals surface area contributed by atoms with E-state index in [9.17, 15) is 9.59 Å². The van der Waals surface area contributed by atoms with E-state index in [1.165, 1.54) is 21.8 Å². The van der Waals surface area contributed by atoms with Gasteiger partial charge in [-0.1, -0.05) is 12.1 Å². The number of H-pyrrole nitrogens is 2. The number of carbonyl (C=O) groups is 2. The van der Waals surface area contributed by atoms with Crippen LogP contribution >= 0.6 is 11.3 Å². The van der Waals surface area contributed by atoms with Crippen molar-refractivity contribution >= 4 is 39.2 Å². The van der Waals surface area contributed by atoms with Crippen LogP contribution in [0.15, 0.2) is 30.5 Å². The molecule has 204 valence electrons. The second-order valence-corrected chi connectivity index (χ2v) is 12.5. The molecule has 5 N–H and O–H groups in total. The van der Waals surface area contributed by atoms with Crippen LogP contribution in [-0.4, -0.2) is 34.1 Å². The zero-order valence-corrected chi connectivity index (χ0v) is 23.5. The number of hydrogen-bond donors (Lipinski definition) is 5. The first-order valence-corrected chi connectivity index (χ1v) is 14.5. The smallest absolute Gasteiger partial charge is 0.341 e. The SMILES string of the molecule is CC(C)(C)OC(=O)c1c(NC(=O)NCc2c(-c3ccc4cc[nH]c4c3)[nH]c3c2CCNC3)sc2c1CCCC2. The molecule has 0 saturated carbocycles. The summed E-state index contributed by atoms with van der Waals surface area (Å²) in [7, 11) is 0. The third-order valence-electron chi connectivity index (χ3n) is 7.43. The standard InChI is InChI=1S/C30H35N5O3S/c1-30(2,3)38-28(36)25-20-6-4-5-7-24(20)39-27(25)35-29(37)33-15-21-19-11-12-31-16-23(19)34-26(21)18-9-8-17-10-13-32-22(17)14-18/h8-10,13-14,31-32,34H,4-7,11-12,15-16H2,1-3H3,(H2,33,35,37). The molecule has 0 atom stereocenters. The number of hydrogen-bond acceptors (Lipinski definition) is 5. The first-order valence-electron chi connectivity index (χ1n) is 13.7. The van der Waals surface area contributed by atoms with Gasteiger partial charge in [0, 0.05) is 46.5 Å². The molecule has 0 fully saturated rings. The average Bonchev–Trinajstić information content (AvgIpc) is 3.60. The highest BCUT2D eigenvalue weighted by Gasteiger charge is 2.30. The normalized spacial score (nSPS) is 15.1. The van der Waals surface area contributed by atoms with Crippen LogP contribution in [-0.2, 0) is 37.1 Å². The van der Waals surface area contributed by atoms with Crippen molar-refractivity contribution in [1.82, 2.24) is 20.6 Å². The third-order valence-corrected chi connectivity index (χ3v) is 8.64. The van der Waals surface area contributed by atoms with Crippen molar-refractivity contribution in [1.29, 1.82) is 0 Å². The average molecular weight is 546 g/mol. The number of thiophene rings is 1. The number of benzene rings is 1. The van der Waals surface area contributed by atoms with E-state index < -0.39 is 5.60 Å². The van der Waals surface area contributed by atoms with Crippen molar-refractivity contribution in [3.63, 3.8) is 0 Å². The molecule has 0 unspecified atom stereocenters. The molecule has 9 heteroatoms. The number of ether oxygens (including phenoxy) is 1. The van der Waals surface area contributed by atoms with Gasteiger partial charge in [-0.25, -0.2) is 9.59 Å².